The van der Waals surface area contributed by atoms with Crippen molar-refractivity contribution in [1.82, 2.24) is 0 Å². The van der Waals surface area contributed by atoms with Crippen LogP contribution in [0.2, 0.25) is 0 Å². The Kier molecular flexibility index (Phi) is 3.33. The van der Waals surface area contributed by atoms with Crippen LogP contribution < -0.4 is 16.0 Å². The number of rotatable bonds is 4. The maximum absolute atomic E-state index is 11.9. The molecule has 0 saturated heterocycles. The van der Waals surface area contributed by atoms with Crippen LogP contribution in [0.3, 0.4) is 0 Å². The van der Waals surface area contributed by atoms with Gasteiger partial charge in [0.15, 0.2) is 0 Å². The molecule has 4 heteroatoms. The second-order valence-corrected chi connectivity index (χ2v) is 4.58. The molecule has 1 aliphatic rings. The van der Waals surface area contributed by atoms with Crippen molar-refractivity contribution in [2.24, 2.45) is 5.73 Å². The standard InChI is InChI=1S/C13H19N3O/c1-9(14)5-6-16-12-4-3-11(15-2)7-10(12)8-13(16)17/h3-4,7,9,15H,5-6,8,14H2,1-2H3. The highest BCUT2D eigenvalue weighted by molar-refractivity contribution is 6.01. The molecule has 0 fully saturated rings. The highest BCUT2D eigenvalue weighted by atomic mass is 16.2. The second-order valence-electron chi connectivity index (χ2n) is 4.58. The molecule has 17 heavy (non-hydrogen) atoms. The summed E-state index contributed by atoms with van der Waals surface area (Å²) in [4.78, 5) is 13.8. The minimum absolute atomic E-state index is 0.128. The summed E-state index contributed by atoms with van der Waals surface area (Å²) in [6.45, 7) is 2.67. The van der Waals surface area contributed by atoms with E-state index >= 15 is 0 Å². The van der Waals surface area contributed by atoms with E-state index in [0.29, 0.717) is 13.0 Å². The molecule has 0 radical (unpaired) electrons. The quantitative estimate of drug-likeness (QED) is 0.825. The summed E-state index contributed by atoms with van der Waals surface area (Å²) < 4.78 is 0. The monoisotopic (exact) mass is 233 g/mol. The molecule has 1 aromatic carbocycles. The van der Waals surface area contributed by atoms with Crippen LogP contribution in [-0.4, -0.2) is 25.5 Å². The van der Waals surface area contributed by atoms with Crippen LogP contribution in [0.15, 0.2) is 18.2 Å². The van der Waals surface area contributed by atoms with E-state index in [4.69, 9.17) is 5.73 Å². The van der Waals surface area contributed by atoms with Crippen molar-refractivity contribution < 1.29 is 4.79 Å². The number of nitrogens with one attached hydrogen (secondary N) is 1. The smallest absolute Gasteiger partial charge is 0.231 e. The largest absolute Gasteiger partial charge is 0.388 e. The van der Waals surface area contributed by atoms with Gasteiger partial charge in [0.05, 0.1) is 6.42 Å². The van der Waals surface area contributed by atoms with Gasteiger partial charge in [-0.3, -0.25) is 4.79 Å². The van der Waals surface area contributed by atoms with Crippen LogP contribution in [0.1, 0.15) is 18.9 Å². The molecule has 2 rings (SSSR count). The molecule has 1 heterocycles. The van der Waals surface area contributed by atoms with Crippen molar-refractivity contribution >= 4 is 17.3 Å². The van der Waals surface area contributed by atoms with Crippen LogP contribution in [-0.2, 0) is 11.2 Å². The minimum atomic E-state index is 0.128. The van der Waals surface area contributed by atoms with E-state index in [1.165, 1.54) is 0 Å². The zero-order valence-electron chi connectivity index (χ0n) is 10.4. The summed E-state index contributed by atoms with van der Waals surface area (Å²) in [5.41, 5.74) is 8.92. The molecular weight excluding hydrogens is 214 g/mol. The number of anilines is 2. The Morgan fingerprint density at radius 2 is 2.29 bits per heavy atom. The molecule has 0 bridgehead atoms. The third-order valence-corrected chi connectivity index (χ3v) is 3.11. The topological polar surface area (TPSA) is 58.4 Å². The van der Waals surface area contributed by atoms with E-state index in [-0.39, 0.29) is 11.9 Å². The Morgan fingerprint density at radius 3 is 2.94 bits per heavy atom. The molecule has 1 aromatic rings. The number of nitrogens with two attached hydrogens (primary N) is 1. The van der Waals surface area contributed by atoms with Gasteiger partial charge in [-0.05, 0) is 37.1 Å². The lowest BCUT2D eigenvalue weighted by atomic mass is 10.1. The Hall–Kier alpha value is -1.55. The number of fused-ring (bicyclic) bond motifs is 1. The van der Waals surface area contributed by atoms with E-state index in [2.05, 4.69) is 5.32 Å². The van der Waals surface area contributed by atoms with E-state index < -0.39 is 0 Å². The zero-order valence-corrected chi connectivity index (χ0v) is 10.4. The molecule has 0 saturated carbocycles. The molecule has 1 amide bonds. The van der Waals surface area contributed by atoms with Crippen molar-refractivity contribution in [1.29, 1.82) is 0 Å². The minimum Gasteiger partial charge on any atom is -0.388 e. The van der Waals surface area contributed by atoms with Gasteiger partial charge in [-0.15, -0.1) is 0 Å². The summed E-state index contributed by atoms with van der Waals surface area (Å²) in [6.07, 6.45) is 1.34. The van der Waals surface area contributed by atoms with Gasteiger partial charge in [-0.1, -0.05) is 0 Å². The number of hydrogen-bond acceptors (Lipinski definition) is 3. The zero-order chi connectivity index (χ0) is 12.4. The molecule has 3 N–H and O–H groups in total. The lowest BCUT2D eigenvalue weighted by Gasteiger charge is -2.18. The molecule has 92 valence electrons. The van der Waals surface area contributed by atoms with Crippen LogP contribution in [0.25, 0.3) is 0 Å². The fraction of sp³-hybridized carbons (Fsp3) is 0.462. The first-order valence-corrected chi connectivity index (χ1v) is 5.98. The first kappa shape index (κ1) is 11.9. The molecular formula is C13H19N3O. The predicted octanol–water partition coefficient (Wildman–Crippen LogP) is 1.35. The lowest BCUT2D eigenvalue weighted by Crippen LogP contribution is -2.31. The first-order chi connectivity index (χ1) is 8.11. The molecule has 4 nitrogen and oxygen atoms in total. The van der Waals surface area contributed by atoms with Crippen LogP contribution >= 0.6 is 0 Å². The van der Waals surface area contributed by atoms with E-state index in [9.17, 15) is 4.79 Å². The molecule has 1 unspecified atom stereocenters. The number of carbonyl (C=O) groups excluding carboxylic acids is 1. The second kappa shape index (κ2) is 4.75. The SMILES string of the molecule is CNc1ccc2c(c1)CC(=O)N2CCC(C)N. The highest BCUT2D eigenvalue weighted by Crippen LogP contribution is 2.31. The average molecular weight is 233 g/mol. The molecule has 0 spiro atoms. The van der Waals surface area contributed by atoms with Crippen LogP contribution in [0.5, 0.6) is 0 Å². The maximum atomic E-state index is 11.9. The van der Waals surface area contributed by atoms with Gasteiger partial charge in [0, 0.05) is 31.0 Å². The third-order valence-electron chi connectivity index (χ3n) is 3.11. The number of hydrogen-bond donors (Lipinski definition) is 2. The predicted molar refractivity (Wildman–Crippen MR) is 70.3 cm³/mol. The Balaban J connectivity index is 2.19. The van der Waals surface area contributed by atoms with Gasteiger partial charge < -0.3 is 16.0 Å². The first-order valence-electron chi connectivity index (χ1n) is 5.98. The van der Waals surface area contributed by atoms with Crippen molar-refractivity contribution in [3.63, 3.8) is 0 Å². The summed E-state index contributed by atoms with van der Waals surface area (Å²) in [5, 5.41) is 3.09. The average Bonchev–Trinajstić information content (AvgIpc) is 2.60. The summed E-state index contributed by atoms with van der Waals surface area (Å²) in [7, 11) is 1.88. The summed E-state index contributed by atoms with van der Waals surface area (Å²) >= 11 is 0. The van der Waals surface area contributed by atoms with Gasteiger partial charge in [-0.25, -0.2) is 0 Å². The van der Waals surface area contributed by atoms with E-state index in [0.717, 1.165) is 23.4 Å². The third kappa shape index (κ3) is 2.42. The Labute approximate surface area is 102 Å². The fourth-order valence-electron chi connectivity index (χ4n) is 2.12. The van der Waals surface area contributed by atoms with Gasteiger partial charge in [0.25, 0.3) is 0 Å². The number of amides is 1. The fourth-order valence-corrected chi connectivity index (χ4v) is 2.12. The molecule has 0 aromatic heterocycles. The van der Waals surface area contributed by atoms with Gasteiger partial charge in [0.2, 0.25) is 5.91 Å². The van der Waals surface area contributed by atoms with Crippen molar-refractivity contribution in [2.45, 2.75) is 25.8 Å². The number of nitrogens with zero attached hydrogens (tertiary/aromatic N) is 1. The van der Waals surface area contributed by atoms with Gasteiger partial charge in [-0.2, -0.15) is 0 Å². The summed E-state index contributed by atoms with van der Waals surface area (Å²) in [6, 6.07) is 6.17. The van der Waals surface area contributed by atoms with E-state index in [1.807, 2.05) is 37.1 Å². The maximum Gasteiger partial charge on any atom is 0.231 e. The molecule has 0 aliphatic carbocycles. The van der Waals surface area contributed by atoms with Crippen molar-refractivity contribution in [3.05, 3.63) is 23.8 Å². The van der Waals surface area contributed by atoms with E-state index in [1.54, 1.807) is 0 Å². The van der Waals surface area contributed by atoms with Crippen molar-refractivity contribution in [3.8, 4) is 0 Å². The Morgan fingerprint density at radius 1 is 1.53 bits per heavy atom. The summed E-state index contributed by atoms with van der Waals surface area (Å²) in [5.74, 6) is 0.175. The van der Waals surface area contributed by atoms with Gasteiger partial charge >= 0.3 is 0 Å². The molecule has 1 atom stereocenters. The highest BCUT2D eigenvalue weighted by Gasteiger charge is 2.26. The van der Waals surface area contributed by atoms with Crippen LogP contribution in [0.4, 0.5) is 11.4 Å². The van der Waals surface area contributed by atoms with Gasteiger partial charge in [0.1, 0.15) is 0 Å². The number of carbonyl (C=O) groups is 1. The van der Waals surface area contributed by atoms with Crippen molar-refractivity contribution in [2.75, 3.05) is 23.8 Å². The van der Waals surface area contributed by atoms with Crippen LogP contribution in [0, 0.1) is 0 Å². The Bertz CT molecular complexity index is 429. The lowest BCUT2D eigenvalue weighted by molar-refractivity contribution is -0.117. The normalized spacial score (nSPS) is 15.9. The number of benzene rings is 1. The molecule has 1 aliphatic heterocycles.